The van der Waals surface area contributed by atoms with Crippen molar-refractivity contribution < 1.29 is 17.5 Å². The largest absolute Gasteiger partial charge is 0.759 e. The number of hydrogen-bond donors (Lipinski definition) is 4. The van der Waals surface area contributed by atoms with Crippen molar-refractivity contribution in [1.82, 2.24) is 0 Å². The zero-order valence-corrected chi connectivity index (χ0v) is 10.6. The van der Waals surface area contributed by atoms with Gasteiger partial charge in [-0.25, -0.2) is 22.9 Å². The van der Waals surface area contributed by atoms with E-state index in [1.54, 1.807) is 0 Å². The fraction of sp³-hybridized carbons (Fsp3) is 0.500. The van der Waals surface area contributed by atoms with Crippen molar-refractivity contribution in [1.29, 1.82) is 0 Å². The second kappa shape index (κ2) is 12.0. The molecule has 0 amide bonds. The van der Waals surface area contributed by atoms with Gasteiger partial charge < -0.3 is 9.11 Å². The summed E-state index contributed by atoms with van der Waals surface area (Å²) in [6.45, 7) is 0. The van der Waals surface area contributed by atoms with Crippen molar-refractivity contribution in [2.24, 2.45) is 22.9 Å². The molecule has 0 spiro atoms. The highest BCUT2D eigenvalue weighted by Gasteiger charge is 1.81. The first-order chi connectivity index (χ1) is 6.54. The van der Waals surface area contributed by atoms with E-state index in [-0.39, 0.29) is 0 Å². The van der Waals surface area contributed by atoms with Crippen LogP contribution in [0.5, 0.6) is 0 Å². The lowest BCUT2D eigenvalue weighted by Crippen LogP contribution is -2.22. The number of nitrogens with two attached hydrogens (primary N) is 4. The van der Waals surface area contributed by atoms with Gasteiger partial charge in [0.15, 0.2) is 12.5 Å². The molecule has 0 aromatic carbocycles. The first-order valence-corrected chi connectivity index (χ1v) is 6.83. The Kier molecular flexibility index (Phi) is 16.2. The van der Waals surface area contributed by atoms with Gasteiger partial charge in [-0.05, 0) is 0 Å². The molecule has 0 unspecified atom stereocenters. The van der Waals surface area contributed by atoms with E-state index in [9.17, 15) is 0 Å². The smallest absolute Gasteiger partial charge is 0.314 e. The monoisotopic (exact) mass is 278 g/mol. The summed E-state index contributed by atoms with van der Waals surface area (Å²) in [6.07, 6.45) is 3.66. The number of hydrogen-bond acceptors (Lipinski definition) is 4. The molecule has 8 nitrogen and oxygen atoms in total. The first-order valence-electron chi connectivity index (χ1n) is 3.05. The second-order valence-electron chi connectivity index (χ2n) is 1.62. The van der Waals surface area contributed by atoms with E-state index < -0.39 is 10.4 Å². The van der Waals surface area contributed by atoms with Crippen molar-refractivity contribution >= 4 is 43.3 Å². The van der Waals surface area contributed by atoms with E-state index in [1.165, 1.54) is 22.7 Å². The maximum atomic E-state index is 8.52. The lowest BCUT2D eigenvalue weighted by molar-refractivity contribution is 0.352. The van der Waals surface area contributed by atoms with Crippen LogP contribution in [0.1, 0.15) is 0 Å². The van der Waals surface area contributed by atoms with Crippen LogP contribution in [0.25, 0.3) is 0 Å². The Labute approximate surface area is 96.5 Å². The van der Waals surface area contributed by atoms with Gasteiger partial charge in [-0.15, -0.1) is 0 Å². The molecule has 0 aromatic heterocycles. The van der Waals surface area contributed by atoms with Gasteiger partial charge >= 0.3 is 10.2 Å². The highest BCUT2D eigenvalue weighted by atomic mass is 32.3. The average Bonchev–Trinajstić information content (AvgIpc) is 2.02. The Morgan fingerprint density at radius 2 is 1.00 bits per heavy atom. The second-order valence-corrected chi connectivity index (χ2v) is 4.20. The van der Waals surface area contributed by atoms with E-state index in [0.29, 0.717) is 10.2 Å². The third-order valence-electron chi connectivity index (χ3n) is 0.471. The summed E-state index contributed by atoms with van der Waals surface area (Å²) in [4.78, 5) is 0. The molecule has 0 aromatic rings. The fourth-order valence-electron chi connectivity index (χ4n) is 0. The van der Waals surface area contributed by atoms with Crippen LogP contribution in [-0.2, 0) is 33.1 Å². The highest BCUT2D eigenvalue weighted by molar-refractivity contribution is 7.79. The van der Waals surface area contributed by atoms with E-state index in [2.05, 4.69) is 0 Å². The molecule has 15 heavy (non-hydrogen) atoms. The van der Waals surface area contributed by atoms with Crippen LogP contribution in [0.15, 0.2) is 0 Å². The standard InChI is InChI=1S/2C2H7N2S.H2O4S/c2*1-5-2(3)4;1-5(2,3)4/h2*3-4H2,1H3;(H2,1,2,3,4)/q2*+1;/p-2. The molecule has 0 saturated heterocycles. The SMILES string of the molecule is C[S+]=C(N)N.C[S+]=C(N)N.O=S(=O)([O-])[O-]. The molecule has 92 valence electrons. The third kappa shape index (κ3) is 130. The average molecular weight is 278 g/mol. The molecule has 0 aliphatic heterocycles. The normalized spacial score (nSPS) is 8.53. The van der Waals surface area contributed by atoms with Gasteiger partial charge in [-0.2, -0.15) is 0 Å². The molecule has 0 atom stereocenters. The molecule has 11 heteroatoms. The fourth-order valence-corrected chi connectivity index (χ4v) is 0. The molecule has 8 N–H and O–H groups in total. The van der Waals surface area contributed by atoms with E-state index in [1.807, 2.05) is 12.5 Å². The molecule has 0 radical (unpaired) electrons. The molecular weight excluding hydrogens is 264 g/mol. The Morgan fingerprint density at radius 1 is 0.933 bits per heavy atom. The summed E-state index contributed by atoms with van der Waals surface area (Å²) in [6, 6.07) is 0. The van der Waals surface area contributed by atoms with Gasteiger partial charge in [0.1, 0.15) is 0 Å². The number of rotatable bonds is 0. The van der Waals surface area contributed by atoms with Gasteiger partial charge in [0, 0.05) is 10.4 Å². The van der Waals surface area contributed by atoms with Gasteiger partial charge in [-0.1, -0.05) is 0 Å². The molecular formula is C4H14N4O4S3. The van der Waals surface area contributed by atoms with Crippen molar-refractivity contribution in [2.45, 2.75) is 0 Å². The highest BCUT2D eigenvalue weighted by Crippen LogP contribution is 1.57. The molecule has 0 rings (SSSR count). The maximum Gasteiger partial charge on any atom is 0.314 e. The first kappa shape index (κ1) is 20.3. The van der Waals surface area contributed by atoms with Crippen LogP contribution in [0.3, 0.4) is 0 Å². The van der Waals surface area contributed by atoms with Crippen LogP contribution < -0.4 is 22.9 Å². The minimum atomic E-state index is -5.17. The Balaban J connectivity index is -0.000000144. The van der Waals surface area contributed by atoms with Gasteiger partial charge in [0.25, 0.3) is 0 Å². The Morgan fingerprint density at radius 3 is 1.00 bits per heavy atom. The molecule has 0 aliphatic rings. The van der Waals surface area contributed by atoms with Gasteiger partial charge in [0.05, 0.1) is 0 Å². The predicted octanol–water partition coefficient (Wildman–Crippen LogP) is -3.93. The molecule has 0 heterocycles. The summed E-state index contributed by atoms with van der Waals surface area (Å²) >= 11 is 2.70. The lowest BCUT2D eigenvalue weighted by atomic mass is 11.3. The molecule has 0 bridgehead atoms. The summed E-state index contributed by atoms with van der Waals surface area (Å²) in [5, 5.41) is 0.843. The zero-order chi connectivity index (χ0) is 13.1. The molecule has 0 fully saturated rings. The predicted molar refractivity (Wildman–Crippen MR) is 63.8 cm³/mol. The van der Waals surface area contributed by atoms with E-state index >= 15 is 0 Å². The molecule has 0 saturated carbocycles. The quantitative estimate of drug-likeness (QED) is 0.150. The maximum absolute atomic E-state index is 8.52. The topological polar surface area (TPSA) is 184 Å². The van der Waals surface area contributed by atoms with Crippen LogP contribution in [0.4, 0.5) is 0 Å². The van der Waals surface area contributed by atoms with E-state index in [0.717, 1.165) is 0 Å². The lowest BCUT2D eigenvalue weighted by Gasteiger charge is -2.06. The third-order valence-corrected chi connectivity index (χ3v) is 1.41. The Hall–Kier alpha value is -0.110. The van der Waals surface area contributed by atoms with Crippen LogP contribution >= 0.6 is 0 Å². The Bertz CT molecular complexity index is 267. The summed E-state index contributed by atoms with van der Waals surface area (Å²) < 4.78 is 34.1. The van der Waals surface area contributed by atoms with E-state index in [4.69, 9.17) is 40.5 Å². The summed E-state index contributed by atoms with van der Waals surface area (Å²) in [5.74, 6) is 0. The summed E-state index contributed by atoms with van der Waals surface area (Å²) in [5.41, 5.74) is 19.8. The van der Waals surface area contributed by atoms with Crippen molar-refractivity contribution in [3.05, 3.63) is 0 Å². The van der Waals surface area contributed by atoms with Gasteiger partial charge in [-0.3, -0.25) is 8.42 Å². The van der Waals surface area contributed by atoms with Crippen molar-refractivity contribution in [2.75, 3.05) is 12.5 Å². The molecule has 0 aliphatic carbocycles. The minimum absolute atomic E-state index is 0.421. The minimum Gasteiger partial charge on any atom is -0.759 e. The van der Waals surface area contributed by atoms with Crippen LogP contribution in [-0.4, -0.2) is 40.3 Å². The van der Waals surface area contributed by atoms with Crippen LogP contribution in [0, 0.1) is 0 Å². The zero-order valence-electron chi connectivity index (χ0n) is 8.17. The van der Waals surface area contributed by atoms with Crippen molar-refractivity contribution in [3.8, 4) is 0 Å². The van der Waals surface area contributed by atoms with Crippen molar-refractivity contribution in [3.63, 3.8) is 0 Å². The van der Waals surface area contributed by atoms with Crippen LogP contribution in [0.2, 0.25) is 0 Å². The summed E-state index contributed by atoms with van der Waals surface area (Å²) in [7, 11) is -5.17. The van der Waals surface area contributed by atoms with Gasteiger partial charge in [0.2, 0.25) is 22.7 Å².